The van der Waals surface area contributed by atoms with Crippen molar-refractivity contribution in [1.29, 1.82) is 0 Å². The molecule has 7 heteroatoms. The Bertz CT molecular complexity index is 1050. The molecular formula is C29H36F3N3O. The number of aromatic nitrogens is 1. The molecule has 0 atom stereocenters. The summed E-state index contributed by atoms with van der Waals surface area (Å²) in [5, 5.41) is 3.54. The topological polar surface area (TPSA) is 37.3 Å². The molecule has 1 aromatic carbocycles. The molecule has 1 amide bonds. The summed E-state index contributed by atoms with van der Waals surface area (Å²) in [5.41, 5.74) is 1.34. The lowest BCUT2D eigenvalue weighted by Crippen LogP contribution is -2.60. The van der Waals surface area contributed by atoms with Crippen molar-refractivity contribution >= 4 is 5.91 Å². The lowest BCUT2D eigenvalue weighted by atomic mass is 9.53. The molecular weight excluding hydrogens is 463 g/mol. The number of alkyl halides is 3. The van der Waals surface area contributed by atoms with Gasteiger partial charge in [0, 0.05) is 36.6 Å². The van der Waals surface area contributed by atoms with E-state index in [9.17, 15) is 18.0 Å². The maximum atomic E-state index is 13.0. The lowest BCUT2D eigenvalue weighted by Gasteiger charge is -2.57. The molecule has 5 fully saturated rings. The second-order valence-electron chi connectivity index (χ2n) is 12.1. The Balaban J connectivity index is 0.972. The van der Waals surface area contributed by atoms with Crippen molar-refractivity contribution in [2.24, 2.45) is 23.7 Å². The van der Waals surface area contributed by atoms with Gasteiger partial charge in [0.25, 0.3) is 0 Å². The van der Waals surface area contributed by atoms with Gasteiger partial charge in [-0.25, -0.2) is 0 Å². The van der Waals surface area contributed by atoms with Crippen LogP contribution in [0.1, 0.15) is 68.9 Å². The fourth-order valence-electron chi connectivity index (χ4n) is 8.00. The van der Waals surface area contributed by atoms with Gasteiger partial charge in [-0.05, 0) is 124 Å². The molecule has 1 N–H and O–H groups in total. The number of likely N-dealkylation sites (tertiary alicyclic amines) is 1. The molecule has 194 valence electrons. The fraction of sp³-hybridized carbons (Fsp3) is 0.621. The first-order chi connectivity index (χ1) is 17.2. The van der Waals surface area contributed by atoms with Crippen molar-refractivity contribution in [3.63, 3.8) is 0 Å². The molecule has 1 aromatic heterocycles. The van der Waals surface area contributed by atoms with Crippen LogP contribution in [0, 0.1) is 23.7 Å². The van der Waals surface area contributed by atoms with Crippen molar-refractivity contribution in [2.45, 2.75) is 76.0 Å². The van der Waals surface area contributed by atoms with Crippen LogP contribution in [0.25, 0.3) is 5.69 Å². The van der Waals surface area contributed by atoms with E-state index in [0.717, 1.165) is 73.6 Å². The van der Waals surface area contributed by atoms with E-state index in [1.807, 2.05) is 23.0 Å². The molecule has 0 radical (unpaired) electrons. The summed E-state index contributed by atoms with van der Waals surface area (Å²) < 4.78 is 40.3. The number of hydrogen-bond acceptors (Lipinski definition) is 2. The van der Waals surface area contributed by atoms with Gasteiger partial charge in [-0.1, -0.05) is 0 Å². The molecule has 4 aliphatic carbocycles. The quantitative estimate of drug-likeness (QED) is 0.515. The predicted molar refractivity (Wildman–Crippen MR) is 132 cm³/mol. The van der Waals surface area contributed by atoms with Gasteiger partial charge < -0.3 is 9.88 Å². The van der Waals surface area contributed by atoms with E-state index in [-0.39, 0.29) is 11.4 Å². The third kappa shape index (κ3) is 5.09. The van der Waals surface area contributed by atoms with E-state index in [4.69, 9.17) is 0 Å². The van der Waals surface area contributed by atoms with Crippen molar-refractivity contribution in [3.8, 4) is 5.69 Å². The summed E-state index contributed by atoms with van der Waals surface area (Å²) in [6.45, 7) is 2.77. The Morgan fingerprint density at radius 3 is 2.14 bits per heavy atom. The Morgan fingerprint density at radius 1 is 0.944 bits per heavy atom. The van der Waals surface area contributed by atoms with Crippen molar-refractivity contribution in [2.75, 3.05) is 13.1 Å². The zero-order chi connectivity index (χ0) is 24.9. The summed E-state index contributed by atoms with van der Waals surface area (Å²) in [6, 6.07) is 7.29. The first-order valence-electron chi connectivity index (χ1n) is 13.6. The van der Waals surface area contributed by atoms with Gasteiger partial charge in [0.05, 0.1) is 5.56 Å². The normalized spacial score (nSPS) is 30.6. The average Bonchev–Trinajstić information content (AvgIpc) is 3.27. The third-order valence-corrected chi connectivity index (χ3v) is 9.28. The first-order valence-corrected chi connectivity index (χ1v) is 13.6. The SMILES string of the molecule is O=C(CC1CCN(Cc2ccn(-c3ccc(C(F)(F)F)cc3)c2)CC1)NC12CC3CC(CC(C3)C1)C2. The van der Waals surface area contributed by atoms with Gasteiger partial charge in [-0.3, -0.25) is 9.69 Å². The van der Waals surface area contributed by atoms with E-state index >= 15 is 0 Å². The minimum absolute atomic E-state index is 0.104. The number of carbonyl (C=O) groups is 1. The molecule has 4 nitrogen and oxygen atoms in total. The molecule has 5 aliphatic rings. The van der Waals surface area contributed by atoms with Crippen LogP contribution >= 0.6 is 0 Å². The first kappa shape index (κ1) is 24.1. The monoisotopic (exact) mass is 499 g/mol. The number of nitrogens with one attached hydrogen (secondary N) is 1. The molecule has 0 unspecified atom stereocenters. The molecule has 4 bridgehead atoms. The lowest BCUT2D eigenvalue weighted by molar-refractivity contribution is -0.137. The highest BCUT2D eigenvalue weighted by Crippen LogP contribution is 2.55. The smallest absolute Gasteiger partial charge is 0.351 e. The maximum absolute atomic E-state index is 13.0. The zero-order valence-electron chi connectivity index (χ0n) is 20.8. The number of amides is 1. The van der Waals surface area contributed by atoms with Crippen LogP contribution in [-0.2, 0) is 17.5 Å². The molecule has 1 aliphatic heterocycles. The maximum Gasteiger partial charge on any atom is 0.416 e. The molecule has 0 spiro atoms. The Kier molecular flexibility index (Phi) is 6.17. The van der Waals surface area contributed by atoms with Crippen molar-refractivity contribution in [1.82, 2.24) is 14.8 Å². The van der Waals surface area contributed by atoms with Crippen LogP contribution in [-0.4, -0.2) is 34.0 Å². The fourth-order valence-corrected chi connectivity index (χ4v) is 8.00. The molecule has 2 aromatic rings. The highest BCUT2D eigenvalue weighted by atomic mass is 19.4. The van der Waals surface area contributed by atoms with Crippen molar-refractivity contribution in [3.05, 3.63) is 53.9 Å². The summed E-state index contributed by atoms with van der Waals surface area (Å²) in [5.74, 6) is 3.24. The summed E-state index contributed by atoms with van der Waals surface area (Å²) in [7, 11) is 0. The van der Waals surface area contributed by atoms with E-state index in [0.29, 0.717) is 12.3 Å². The number of hydrogen-bond donors (Lipinski definition) is 1. The van der Waals surface area contributed by atoms with Crippen LogP contribution in [0.15, 0.2) is 42.7 Å². The largest absolute Gasteiger partial charge is 0.416 e. The van der Waals surface area contributed by atoms with Crippen LogP contribution in [0.3, 0.4) is 0 Å². The van der Waals surface area contributed by atoms with Crippen LogP contribution in [0.4, 0.5) is 13.2 Å². The summed E-state index contributed by atoms with van der Waals surface area (Å²) in [4.78, 5) is 15.4. The van der Waals surface area contributed by atoms with Gasteiger partial charge in [-0.2, -0.15) is 13.2 Å². The zero-order valence-corrected chi connectivity index (χ0v) is 20.8. The molecule has 1 saturated heterocycles. The molecule has 36 heavy (non-hydrogen) atoms. The van der Waals surface area contributed by atoms with Crippen LogP contribution < -0.4 is 5.32 Å². The van der Waals surface area contributed by atoms with Gasteiger partial charge in [0.1, 0.15) is 0 Å². The van der Waals surface area contributed by atoms with Crippen LogP contribution in [0.2, 0.25) is 0 Å². The van der Waals surface area contributed by atoms with Gasteiger partial charge in [-0.15, -0.1) is 0 Å². The Hall–Kier alpha value is -2.28. The van der Waals surface area contributed by atoms with Gasteiger partial charge in [0.2, 0.25) is 5.91 Å². The van der Waals surface area contributed by atoms with Gasteiger partial charge >= 0.3 is 6.18 Å². The predicted octanol–water partition coefficient (Wildman–Crippen LogP) is 6.18. The minimum atomic E-state index is -4.32. The van der Waals surface area contributed by atoms with E-state index in [2.05, 4.69) is 10.2 Å². The number of benzene rings is 1. The van der Waals surface area contributed by atoms with Crippen molar-refractivity contribution < 1.29 is 18.0 Å². The van der Waals surface area contributed by atoms with E-state index in [1.54, 1.807) is 0 Å². The highest BCUT2D eigenvalue weighted by Gasteiger charge is 2.51. The van der Waals surface area contributed by atoms with Crippen LogP contribution in [0.5, 0.6) is 0 Å². The number of piperidine rings is 1. The van der Waals surface area contributed by atoms with Gasteiger partial charge in [0.15, 0.2) is 0 Å². The second-order valence-corrected chi connectivity index (χ2v) is 12.1. The third-order valence-electron chi connectivity index (χ3n) is 9.28. The Labute approximate surface area is 211 Å². The molecule has 2 heterocycles. The number of rotatable bonds is 6. The standard InChI is InChI=1S/C29H36F3N3O/c30-29(31,32)25-1-3-26(4-2-25)35-10-7-21(19-35)18-34-8-5-20(6-9-34)14-27(36)33-28-15-22-11-23(16-28)13-24(12-22)17-28/h1-4,7,10,19-20,22-24H,5-6,8-9,11-18H2,(H,33,36). The number of halogens is 3. The number of nitrogens with zero attached hydrogens (tertiary/aromatic N) is 2. The van der Waals surface area contributed by atoms with E-state index < -0.39 is 11.7 Å². The Morgan fingerprint density at radius 2 is 1.56 bits per heavy atom. The second kappa shape index (κ2) is 9.23. The average molecular weight is 500 g/mol. The summed E-state index contributed by atoms with van der Waals surface area (Å²) >= 11 is 0. The minimum Gasteiger partial charge on any atom is -0.351 e. The van der Waals surface area contributed by atoms with E-state index in [1.165, 1.54) is 50.7 Å². The molecule has 4 saturated carbocycles. The summed E-state index contributed by atoms with van der Waals surface area (Å²) in [6.07, 6.45) is 10.1. The number of carbonyl (C=O) groups excluding carboxylic acids is 1. The highest BCUT2D eigenvalue weighted by molar-refractivity contribution is 5.77. The molecule has 7 rings (SSSR count).